The largest absolute Gasteiger partial charge is 0.489 e. The Balaban J connectivity index is 1.88. The number of thiophene rings is 1. The third kappa shape index (κ3) is 3.37. The highest BCUT2D eigenvalue weighted by molar-refractivity contribution is 7.19. The van der Waals surface area contributed by atoms with Crippen LogP contribution >= 0.6 is 11.3 Å². The molecule has 0 spiro atoms. The van der Waals surface area contributed by atoms with E-state index in [-0.39, 0.29) is 5.97 Å². The van der Waals surface area contributed by atoms with Crippen molar-refractivity contribution in [2.24, 2.45) is 0 Å². The number of rotatable bonds is 5. The molecule has 0 amide bonds. The minimum absolute atomic E-state index is 0.267. The molecule has 0 bridgehead atoms. The summed E-state index contributed by atoms with van der Waals surface area (Å²) in [6.07, 6.45) is 0. The molecule has 0 N–H and O–H groups in total. The highest BCUT2D eigenvalue weighted by Gasteiger charge is 2.18. The van der Waals surface area contributed by atoms with Gasteiger partial charge in [-0.15, -0.1) is 11.3 Å². The average molecular weight is 326 g/mol. The maximum Gasteiger partial charge on any atom is 0.339 e. The fourth-order valence-corrected chi connectivity index (χ4v) is 3.52. The van der Waals surface area contributed by atoms with Crippen molar-refractivity contribution in [3.8, 4) is 5.75 Å². The lowest BCUT2D eigenvalue weighted by Gasteiger charge is -2.07. The summed E-state index contributed by atoms with van der Waals surface area (Å²) in [5.74, 6) is 0.487. The second-order valence-corrected chi connectivity index (χ2v) is 6.44. The van der Waals surface area contributed by atoms with Crippen LogP contribution in [0.25, 0.3) is 10.1 Å². The molecule has 0 saturated carbocycles. The Labute approximate surface area is 139 Å². The topological polar surface area (TPSA) is 35.5 Å². The predicted molar refractivity (Wildman–Crippen MR) is 93.3 cm³/mol. The Bertz CT molecular complexity index is 821. The lowest BCUT2D eigenvalue weighted by Crippen LogP contribution is -2.05. The summed E-state index contributed by atoms with van der Waals surface area (Å²) in [6.45, 7) is 4.64. The summed E-state index contributed by atoms with van der Waals surface area (Å²) in [6, 6.07) is 15.9. The number of carbonyl (C=O) groups is 1. The first-order valence-electron chi connectivity index (χ1n) is 7.56. The van der Waals surface area contributed by atoms with E-state index >= 15 is 0 Å². The number of ether oxygens (including phenoxy) is 2. The zero-order valence-corrected chi connectivity index (χ0v) is 14.0. The fourth-order valence-electron chi connectivity index (χ4n) is 2.49. The first-order valence-corrected chi connectivity index (χ1v) is 8.37. The summed E-state index contributed by atoms with van der Waals surface area (Å²) in [5.41, 5.74) is 1.76. The molecule has 23 heavy (non-hydrogen) atoms. The van der Waals surface area contributed by atoms with Gasteiger partial charge in [0.15, 0.2) is 0 Å². The van der Waals surface area contributed by atoms with Gasteiger partial charge in [-0.3, -0.25) is 0 Å². The van der Waals surface area contributed by atoms with Crippen LogP contribution in [-0.4, -0.2) is 12.6 Å². The van der Waals surface area contributed by atoms with Crippen molar-refractivity contribution in [3.05, 3.63) is 64.5 Å². The number of fused-ring (bicyclic) bond motifs is 1. The standard InChI is InChI=1S/C19H18O3S/c1-3-21-19(20)18-13(2)23-17-10-9-15(11-16(17)18)22-12-14-7-5-4-6-8-14/h4-11H,3,12H2,1-2H3. The maximum absolute atomic E-state index is 12.2. The number of aryl methyl sites for hydroxylation is 1. The quantitative estimate of drug-likeness (QED) is 0.621. The van der Waals surface area contributed by atoms with Gasteiger partial charge in [-0.05, 0) is 37.6 Å². The summed E-state index contributed by atoms with van der Waals surface area (Å²) >= 11 is 1.60. The van der Waals surface area contributed by atoms with Crippen molar-refractivity contribution in [3.63, 3.8) is 0 Å². The normalized spacial score (nSPS) is 10.7. The third-order valence-corrected chi connectivity index (χ3v) is 4.65. The van der Waals surface area contributed by atoms with Crippen molar-refractivity contribution in [2.45, 2.75) is 20.5 Å². The van der Waals surface area contributed by atoms with Crippen LogP contribution in [0.4, 0.5) is 0 Å². The molecular weight excluding hydrogens is 308 g/mol. The highest BCUT2D eigenvalue weighted by atomic mass is 32.1. The minimum Gasteiger partial charge on any atom is -0.489 e. The van der Waals surface area contributed by atoms with Crippen LogP contribution in [0.2, 0.25) is 0 Å². The first kappa shape index (κ1) is 15.6. The number of hydrogen-bond acceptors (Lipinski definition) is 4. The molecule has 1 aromatic heterocycles. The molecule has 0 aliphatic heterocycles. The van der Waals surface area contributed by atoms with Crippen LogP contribution in [0.5, 0.6) is 5.75 Å². The smallest absolute Gasteiger partial charge is 0.339 e. The zero-order chi connectivity index (χ0) is 16.2. The van der Waals surface area contributed by atoms with Crippen LogP contribution in [0.15, 0.2) is 48.5 Å². The lowest BCUT2D eigenvalue weighted by molar-refractivity contribution is 0.0528. The van der Waals surface area contributed by atoms with Crippen LogP contribution in [0, 0.1) is 6.92 Å². The van der Waals surface area contributed by atoms with Crippen molar-refractivity contribution in [2.75, 3.05) is 6.61 Å². The van der Waals surface area contributed by atoms with Gasteiger partial charge >= 0.3 is 5.97 Å². The van der Waals surface area contributed by atoms with Crippen LogP contribution in [-0.2, 0) is 11.3 Å². The van der Waals surface area contributed by atoms with Crippen LogP contribution in [0.1, 0.15) is 27.7 Å². The van der Waals surface area contributed by atoms with Crippen LogP contribution in [0.3, 0.4) is 0 Å². The summed E-state index contributed by atoms with van der Waals surface area (Å²) in [7, 11) is 0. The van der Waals surface area contributed by atoms with E-state index in [0.717, 1.165) is 26.3 Å². The highest BCUT2D eigenvalue weighted by Crippen LogP contribution is 2.34. The molecular formula is C19H18O3S. The number of benzene rings is 2. The van der Waals surface area contributed by atoms with Crippen molar-refractivity contribution >= 4 is 27.4 Å². The van der Waals surface area contributed by atoms with Gasteiger partial charge in [0.1, 0.15) is 12.4 Å². The van der Waals surface area contributed by atoms with Gasteiger partial charge in [-0.2, -0.15) is 0 Å². The van der Waals surface area contributed by atoms with Gasteiger partial charge in [0, 0.05) is 15.0 Å². The fraction of sp³-hybridized carbons (Fsp3) is 0.211. The van der Waals surface area contributed by atoms with E-state index in [4.69, 9.17) is 9.47 Å². The first-order chi connectivity index (χ1) is 11.2. The molecule has 1 heterocycles. The molecule has 0 aliphatic carbocycles. The van der Waals surface area contributed by atoms with Gasteiger partial charge in [-0.25, -0.2) is 4.79 Å². The van der Waals surface area contributed by atoms with E-state index in [2.05, 4.69) is 0 Å². The molecule has 0 saturated heterocycles. The third-order valence-electron chi connectivity index (χ3n) is 3.56. The van der Waals surface area contributed by atoms with Gasteiger partial charge in [0.25, 0.3) is 0 Å². The van der Waals surface area contributed by atoms with E-state index in [9.17, 15) is 4.79 Å². The predicted octanol–water partition coefficient (Wildman–Crippen LogP) is 4.97. The van der Waals surface area contributed by atoms with Gasteiger partial charge in [-0.1, -0.05) is 30.3 Å². The molecule has 3 rings (SSSR count). The Kier molecular flexibility index (Phi) is 4.63. The molecule has 0 atom stereocenters. The van der Waals surface area contributed by atoms with Gasteiger partial charge < -0.3 is 9.47 Å². The average Bonchev–Trinajstić information content (AvgIpc) is 2.89. The molecule has 4 heteroatoms. The molecule has 118 valence electrons. The monoisotopic (exact) mass is 326 g/mol. The van der Waals surface area contributed by atoms with E-state index in [1.165, 1.54) is 0 Å². The van der Waals surface area contributed by atoms with E-state index < -0.39 is 0 Å². The molecule has 3 aromatic rings. The Hall–Kier alpha value is -2.33. The molecule has 2 aromatic carbocycles. The van der Waals surface area contributed by atoms with Crippen molar-refractivity contribution < 1.29 is 14.3 Å². The van der Waals surface area contributed by atoms with Crippen molar-refractivity contribution in [1.82, 2.24) is 0 Å². The maximum atomic E-state index is 12.2. The summed E-state index contributed by atoms with van der Waals surface area (Å²) in [5, 5.41) is 0.900. The lowest BCUT2D eigenvalue weighted by atomic mass is 10.1. The Morgan fingerprint density at radius 2 is 1.91 bits per heavy atom. The Morgan fingerprint density at radius 3 is 2.65 bits per heavy atom. The van der Waals surface area contributed by atoms with E-state index in [1.807, 2.05) is 62.4 Å². The van der Waals surface area contributed by atoms with E-state index in [1.54, 1.807) is 11.3 Å². The van der Waals surface area contributed by atoms with Gasteiger partial charge in [0.05, 0.1) is 12.2 Å². The number of esters is 1. The number of hydrogen-bond donors (Lipinski definition) is 0. The second-order valence-electron chi connectivity index (χ2n) is 5.19. The molecule has 0 radical (unpaired) electrons. The van der Waals surface area contributed by atoms with Crippen molar-refractivity contribution in [1.29, 1.82) is 0 Å². The zero-order valence-electron chi connectivity index (χ0n) is 13.2. The van der Waals surface area contributed by atoms with Gasteiger partial charge in [0.2, 0.25) is 0 Å². The summed E-state index contributed by atoms with van der Waals surface area (Å²) < 4.78 is 12.1. The molecule has 0 unspecified atom stereocenters. The molecule has 0 fully saturated rings. The minimum atomic E-state index is -0.267. The Morgan fingerprint density at radius 1 is 1.13 bits per heavy atom. The molecule has 3 nitrogen and oxygen atoms in total. The van der Waals surface area contributed by atoms with E-state index in [0.29, 0.717) is 18.8 Å². The second kappa shape index (κ2) is 6.84. The summed E-state index contributed by atoms with van der Waals surface area (Å²) in [4.78, 5) is 13.1. The number of carbonyl (C=O) groups excluding carboxylic acids is 1. The molecule has 0 aliphatic rings. The SMILES string of the molecule is CCOC(=O)c1c(C)sc2ccc(OCc3ccccc3)cc12. The van der Waals surface area contributed by atoms with Crippen LogP contribution < -0.4 is 4.74 Å².